The van der Waals surface area contributed by atoms with Gasteiger partial charge >= 0.3 is 5.97 Å². The fourth-order valence-electron chi connectivity index (χ4n) is 7.95. The predicted octanol–water partition coefficient (Wildman–Crippen LogP) is 17.4. The average molecular weight is 1040 g/mol. The molecule has 10 heteroatoms. The fourth-order valence-corrected chi connectivity index (χ4v) is 8.67. The van der Waals surface area contributed by atoms with Crippen molar-refractivity contribution in [1.82, 2.24) is 5.32 Å². The molecule has 0 bridgehead atoms. The maximum absolute atomic E-state index is 13.5. The third kappa shape index (κ3) is 53.6. The van der Waals surface area contributed by atoms with Crippen LogP contribution >= 0.6 is 7.82 Å². The summed E-state index contributed by atoms with van der Waals surface area (Å²) < 4.78 is 30.2. The van der Waals surface area contributed by atoms with Crippen molar-refractivity contribution in [3.8, 4) is 0 Å². The van der Waals surface area contributed by atoms with Crippen molar-refractivity contribution in [2.24, 2.45) is 0 Å². The maximum atomic E-state index is 13.5. The molecule has 0 aromatic heterocycles. The van der Waals surface area contributed by atoms with E-state index in [-0.39, 0.29) is 31.3 Å². The number of amides is 1. The molecule has 73 heavy (non-hydrogen) atoms. The molecule has 0 saturated carbocycles. The van der Waals surface area contributed by atoms with Crippen molar-refractivity contribution < 1.29 is 37.3 Å². The number of likely N-dealkylation sites (N-methyl/N-ethyl adjacent to an activating group) is 1. The Labute approximate surface area is 449 Å². The molecule has 3 atom stereocenters. The summed E-state index contributed by atoms with van der Waals surface area (Å²) in [5.74, 6) is -0.615. The smallest absolute Gasteiger partial charge is 0.306 e. The van der Waals surface area contributed by atoms with E-state index in [1.165, 1.54) is 96.3 Å². The van der Waals surface area contributed by atoms with Gasteiger partial charge in [-0.25, -0.2) is 0 Å². The summed E-state index contributed by atoms with van der Waals surface area (Å²) >= 11 is 0. The van der Waals surface area contributed by atoms with Crippen LogP contribution in [-0.4, -0.2) is 69.4 Å². The first-order valence-electron chi connectivity index (χ1n) is 29.6. The van der Waals surface area contributed by atoms with Gasteiger partial charge in [0.15, 0.2) is 0 Å². The van der Waals surface area contributed by atoms with E-state index in [9.17, 15) is 19.0 Å². The van der Waals surface area contributed by atoms with Crippen LogP contribution in [0.3, 0.4) is 0 Å². The second-order valence-corrected chi connectivity index (χ2v) is 22.2. The Morgan fingerprint density at radius 3 is 1.40 bits per heavy atom. The largest absolute Gasteiger partial charge is 0.756 e. The van der Waals surface area contributed by atoms with E-state index >= 15 is 0 Å². The number of hydrogen-bond acceptors (Lipinski definition) is 7. The van der Waals surface area contributed by atoms with Gasteiger partial charge in [0.25, 0.3) is 7.82 Å². The number of nitrogens with one attached hydrogen (secondary N) is 1. The van der Waals surface area contributed by atoms with E-state index in [2.05, 4.69) is 111 Å². The summed E-state index contributed by atoms with van der Waals surface area (Å²) in [6, 6.07) is -0.921. The Kier molecular flexibility index (Phi) is 50.2. The number of allylic oxidation sites excluding steroid dienone is 15. The maximum Gasteiger partial charge on any atom is 0.306 e. The number of carbonyl (C=O) groups excluding carboxylic acids is 2. The lowest BCUT2D eigenvalue weighted by atomic mass is 10.1. The lowest BCUT2D eigenvalue weighted by Crippen LogP contribution is -2.47. The summed E-state index contributed by atoms with van der Waals surface area (Å²) in [5, 5.41) is 3.00. The SMILES string of the molecule is CC/C=C\C/C=C\C/C=C\C/C=C\C/C=C\CCCCCC(=O)OC(/C=C/CCCCCCCCCCCC)C(COP(=O)([O-])OCC[N+](C)(C)C)NC(=O)CCCCC/C=C/C=C/CCCCCCCCC. The van der Waals surface area contributed by atoms with Crippen LogP contribution in [0.1, 0.15) is 239 Å². The summed E-state index contributed by atoms with van der Waals surface area (Å²) in [5.41, 5.74) is 0. The number of carbonyl (C=O) groups is 2. The number of unbranched alkanes of at least 4 members (excludes halogenated alkanes) is 23. The van der Waals surface area contributed by atoms with E-state index in [1.54, 1.807) is 0 Å². The monoisotopic (exact) mass is 1040 g/mol. The first-order chi connectivity index (χ1) is 35.4. The average Bonchev–Trinajstić information content (AvgIpc) is 3.35. The molecule has 0 aromatic rings. The minimum absolute atomic E-state index is 0.0374. The Morgan fingerprint density at radius 1 is 0.507 bits per heavy atom. The van der Waals surface area contributed by atoms with Gasteiger partial charge in [0.2, 0.25) is 5.91 Å². The van der Waals surface area contributed by atoms with Crippen molar-refractivity contribution >= 4 is 19.7 Å². The van der Waals surface area contributed by atoms with E-state index in [4.69, 9.17) is 13.8 Å². The van der Waals surface area contributed by atoms with Gasteiger partial charge in [-0.15, -0.1) is 0 Å². The van der Waals surface area contributed by atoms with Crippen LogP contribution in [0.25, 0.3) is 0 Å². The Morgan fingerprint density at radius 2 is 0.918 bits per heavy atom. The minimum atomic E-state index is -4.72. The Balaban J connectivity index is 5.43. The summed E-state index contributed by atoms with van der Waals surface area (Å²) in [4.78, 5) is 39.9. The van der Waals surface area contributed by atoms with Crippen LogP contribution < -0.4 is 10.2 Å². The van der Waals surface area contributed by atoms with Gasteiger partial charge < -0.3 is 28.5 Å². The van der Waals surface area contributed by atoms with Crippen molar-refractivity contribution in [2.75, 3.05) is 40.9 Å². The van der Waals surface area contributed by atoms with Crippen LogP contribution in [0.2, 0.25) is 0 Å². The molecule has 0 saturated heterocycles. The van der Waals surface area contributed by atoms with Crippen LogP contribution in [-0.2, 0) is 27.9 Å². The normalized spacial score (nSPS) is 14.5. The number of nitrogens with zero attached hydrogens (tertiary/aromatic N) is 1. The summed E-state index contributed by atoms with van der Waals surface area (Å²) in [6.07, 6.45) is 69.5. The zero-order chi connectivity index (χ0) is 53.6. The third-order valence-corrected chi connectivity index (χ3v) is 13.5. The van der Waals surface area contributed by atoms with E-state index in [0.717, 1.165) is 96.3 Å². The fraction of sp³-hybridized carbons (Fsp3) is 0.714. The minimum Gasteiger partial charge on any atom is -0.756 e. The number of phosphoric acid groups is 1. The molecule has 0 aliphatic heterocycles. The van der Waals surface area contributed by atoms with Gasteiger partial charge in [0, 0.05) is 12.8 Å². The molecule has 0 aliphatic carbocycles. The summed E-state index contributed by atoms with van der Waals surface area (Å²) in [6.45, 7) is 6.66. The van der Waals surface area contributed by atoms with Crippen LogP contribution in [0, 0.1) is 0 Å². The topological polar surface area (TPSA) is 114 Å². The number of quaternary nitrogens is 1. The molecule has 0 spiro atoms. The number of hydrogen-bond donors (Lipinski definition) is 1. The van der Waals surface area contributed by atoms with Gasteiger partial charge in [-0.05, 0) is 102 Å². The zero-order valence-corrected chi connectivity index (χ0v) is 48.7. The van der Waals surface area contributed by atoms with Gasteiger partial charge in [-0.2, -0.15) is 0 Å². The molecule has 0 heterocycles. The molecule has 0 rings (SSSR count). The van der Waals surface area contributed by atoms with Crippen molar-refractivity contribution in [3.05, 3.63) is 97.2 Å². The molecule has 1 N–H and O–H groups in total. The van der Waals surface area contributed by atoms with Gasteiger partial charge in [0.1, 0.15) is 19.3 Å². The second-order valence-electron chi connectivity index (χ2n) is 20.8. The first-order valence-corrected chi connectivity index (χ1v) is 31.0. The van der Waals surface area contributed by atoms with Crippen molar-refractivity contribution in [1.29, 1.82) is 0 Å². The highest BCUT2D eigenvalue weighted by Gasteiger charge is 2.27. The highest BCUT2D eigenvalue weighted by molar-refractivity contribution is 7.45. The molecule has 420 valence electrons. The molecular formula is C63H111N2O7P. The molecule has 0 fully saturated rings. The van der Waals surface area contributed by atoms with Gasteiger partial charge in [-0.1, -0.05) is 221 Å². The highest BCUT2D eigenvalue weighted by Crippen LogP contribution is 2.38. The number of ether oxygens (including phenoxy) is 1. The van der Waals surface area contributed by atoms with Gasteiger partial charge in [0.05, 0.1) is 33.8 Å². The van der Waals surface area contributed by atoms with Crippen molar-refractivity contribution in [2.45, 2.75) is 251 Å². The Bertz CT molecular complexity index is 1570. The van der Waals surface area contributed by atoms with Crippen molar-refractivity contribution in [3.63, 3.8) is 0 Å². The van der Waals surface area contributed by atoms with Crippen LogP contribution in [0.5, 0.6) is 0 Å². The molecule has 0 aliphatic rings. The summed E-state index contributed by atoms with van der Waals surface area (Å²) in [7, 11) is 1.14. The zero-order valence-electron chi connectivity index (χ0n) is 47.8. The number of phosphoric ester groups is 1. The molecular weight excluding hydrogens is 928 g/mol. The van der Waals surface area contributed by atoms with E-state index in [0.29, 0.717) is 23.9 Å². The molecule has 1 amide bonds. The molecule has 3 unspecified atom stereocenters. The number of rotatable bonds is 52. The molecule has 0 radical (unpaired) electrons. The quantitative estimate of drug-likeness (QED) is 0.0161. The van der Waals surface area contributed by atoms with Crippen LogP contribution in [0.15, 0.2) is 97.2 Å². The number of esters is 1. The molecule has 9 nitrogen and oxygen atoms in total. The molecule has 0 aromatic carbocycles. The van der Waals surface area contributed by atoms with Gasteiger partial charge in [-0.3, -0.25) is 14.2 Å². The standard InChI is InChI=1S/C63H111N2O7P/c1-7-10-13-16-19-22-25-28-30-32-33-34-36-38-41-44-47-50-53-56-63(67)72-61(54-51-48-45-42-39-27-24-21-18-15-12-9-3)60(59-71-73(68,69)70-58-57-65(4,5)6)64-62(66)55-52-49-46-43-40-37-35-31-29-26-23-20-17-14-11-8-2/h10,13,19,22,28,30-31,33-35,37-38,40-41,51,54,60-61H,7-9,11-12,14-18,20-21,23-27,29,32,36,39,42-50,52-53,55-59H2,1-6H3,(H-,64,66,68,69)/b13-10-,22-19-,30-28-,34-33-,35-31+,40-37+,41-38-,54-51+. The van der Waals surface area contributed by atoms with Crippen LogP contribution in [0.4, 0.5) is 0 Å². The second kappa shape index (κ2) is 52.4. The third-order valence-electron chi connectivity index (χ3n) is 12.5. The predicted molar refractivity (Wildman–Crippen MR) is 311 cm³/mol. The first kappa shape index (κ1) is 69.9. The Hall–Kier alpha value is -3.07. The lowest BCUT2D eigenvalue weighted by molar-refractivity contribution is -0.870. The van der Waals surface area contributed by atoms with E-state index < -0.39 is 26.6 Å². The van der Waals surface area contributed by atoms with E-state index in [1.807, 2.05) is 33.3 Å². The lowest BCUT2D eigenvalue weighted by Gasteiger charge is -2.30. The highest BCUT2D eigenvalue weighted by atomic mass is 31.2.